The van der Waals surface area contributed by atoms with Gasteiger partial charge in [0.1, 0.15) is 5.82 Å². The summed E-state index contributed by atoms with van der Waals surface area (Å²) >= 11 is 0. The zero-order valence-corrected chi connectivity index (χ0v) is 16.5. The first-order valence-corrected chi connectivity index (χ1v) is 9.81. The number of nitrogens with zero attached hydrogens (tertiary/aromatic N) is 3. The van der Waals surface area contributed by atoms with Crippen LogP contribution in [0.1, 0.15) is 17.0 Å². The summed E-state index contributed by atoms with van der Waals surface area (Å²) in [6.07, 6.45) is 5.62. The van der Waals surface area contributed by atoms with Gasteiger partial charge >= 0.3 is 0 Å². The predicted molar refractivity (Wildman–Crippen MR) is 123 cm³/mol. The van der Waals surface area contributed by atoms with Crippen LogP contribution in [0.5, 0.6) is 0 Å². The largest absolute Gasteiger partial charge is 0.268 e. The Morgan fingerprint density at radius 1 is 0.800 bits per heavy atom. The second-order valence-corrected chi connectivity index (χ2v) is 7.22. The van der Waals surface area contributed by atoms with Crippen molar-refractivity contribution in [2.24, 2.45) is 0 Å². The van der Waals surface area contributed by atoms with Gasteiger partial charge in [-0.25, -0.2) is 4.98 Å². The number of fused-ring (bicyclic) bond motifs is 3. The fourth-order valence-electron chi connectivity index (χ4n) is 3.61. The number of pyridine rings is 1. The minimum absolute atomic E-state index is 0.0951. The molecule has 5 aromatic rings. The van der Waals surface area contributed by atoms with E-state index in [0.29, 0.717) is 16.7 Å². The molecule has 0 fully saturated rings. The van der Waals surface area contributed by atoms with Gasteiger partial charge in [-0.05, 0) is 55.0 Å². The summed E-state index contributed by atoms with van der Waals surface area (Å²) in [7, 11) is 0. The lowest BCUT2D eigenvalue weighted by Crippen LogP contribution is -2.22. The maximum Gasteiger partial charge on any atom is 0.266 e. The molecular formula is C26H19N3O. The molecule has 0 radical (unpaired) electrons. The molecule has 0 bridgehead atoms. The van der Waals surface area contributed by atoms with Gasteiger partial charge in [-0.15, -0.1) is 0 Å². The summed E-state index contributed by atoms with van der Waals surface area (Å²) in [5.41, 5.74) is 4.37. The SMILES string of the molecule is Cc1ccc(-n2c(C=Cc3ccccc3)nc3c(ccc4ncccc43)c2=O)cc1. The Hall–Kier alpha value is -4.05. The van der Waals surface area contributed by atoms with Crippen LogP contribution in [0.15, 0.2) is 89.9 Å². The van der Waals surface area contributed by atoms with E-state index in [0.717, 1.165) is 27.7 Å². The smallest absolute Gasteiger partial charge is 0.266 e. The minimum atomic E-state index is -0.0951. The molecule has 3 aromatic carbocycles. The number of benzene rings is 3. The molecule has 0 saturated heterocycles. The maximum atomic E-state index is 13.6. The highest BCUT2D eigenvalue weighted by Crippen LogP contribution is 2.22. The average molecular weight is 389 g/mol. The molecule has 0 aliphatic rings. The number of aryl methyl sites for hydroxylation is 1. The highest BCUT2D eigenvalue weighted by Gasteiger charge is 2.13. The van der Waals surface area contributed by atoms with Crippen LogP contribution in [0.4, 0.5) is 0 Å². The van der Waals surface area contributed by atoms with Crippen molar-refractivity contribution >= 4 is 34.0 Å². The molecule has 0 spiro atoms. The number of hydrogen-bond donors (Lipinski definition) is 0. The second-order valence-electron chi connectivity index (χ2n) is 7.22. The van der Waals surface area contributed by atoms with Crippen LogP contribution in [-0.4, -0.2) is 14.5 Å². The summed E-state index contributed by atoms with van der Waals surface area (Å²) in [4.78, 5) is 22.9. The Balaban J connectivity index is 1.82. The normalized spacial score (nSPS) is 11.5. The zero-order chi connectivity index (χ0) is 20.5. The van der Waals surface area contributed by atoms with Gasteiger partial charge in [-0.1, -0.05) is 54.1 Å². The number of hydrogen-bond acceptors (Lipinski definition) is 3. The van der Waals surface area contributed by atoms with Crippen LogP contribution in [0.3, 0.4) is 0 Å². The molecule has 0 aliphatic heterocycles. The van der Waals surface area contributed by atoms with E-state index in [9.17, 15) is 4.79 Å². The van der Waals surface area contributed by atoms with Crippen LogP contribution in [0.2, 0.25) is 0 Å². The fourth-order valence-corrected chi connectivity index (χ4v) is 3.61. The molecule has 0 aliphatic carbocycles. The third-order valence-corrected chi connectivity index (χ3v) is 5.16. The van der Waals surface area contributed by atoms with Crippen LogP contribution < -0.4 is 5.56 Å². The van der Waals surface area contributed by atoms with E-state index in [4.69, 9.17) is 4.98 Å². The van der Waals surface area contributed by atoms with Crippen LogP contribution in [0.25, 0.3) is 39.6 Å². The lowest BCUT2D eigenvalue weighted by Gasteiger charge is -2.13. The number of rotatable bonds is 3. The molecule has 5 rings (SSSR count). The number of aromatic nitrogens is 3. The molecule has 0 atom stereocenters. The van der Waals surface area contributed by atoms with Gasteiger partial charge in [-0.2, -0.15) is 0 Å². The first-order valence-electron chi connectivity index (χ1n) is 9.81. The highest BCUT2D eigenvalue weighted by molar-refractivity contribution is 6.03. The van der Waals surface area contributed by atoms with Crippen molar-refractivity contribution in [1.29, 1.82) is 0 Å². The predicted octanol–water partition coefficient (Wildman–Crippen LogP) is 5.41. The topological polar surface area (TPSA) is 47.8 Å². The van der Waals surface area contributed by atoms with Gasteiger partial charge in [0, 0.05) is 11.6 Å². The van der Waals surface area contributed by atoms with Crippen molar-refractivity contribution in [1.82, 2.24) is 14.5 Å². The first kappa shape index (κ1) is 18.0. The first-order chi connectivity index (χ1) is 14.7. The van der Waals surface area contributed by atoms with E-state index in [1.54, 1.807) is 10.8 Å². The lowest BCUT2D eigenvalue weighted by atomic mass is 10.1. The van der Waals surface area contributed by atoms with Gasteiger partial charge in [0.25, 0.3) is 5.56 Å². The van der Waals surface area contributed by atoms with E-state index in [1.807, 2.05) is 97.9 Å². The van der Waals surface area contributed by atoms with Crippen LogP contribution in [0, 0.1) is 6.92 Å². The minimum Gasteiger partial charge on any atom is -0.268 e. The average Bonchev–Trinajstić information content (AvgIpc) is 2.79. The Bertz CT molecular complexity index is 1450. The monoisotopic (exact) mass is 389 g/mol. The van der Waals surface area contributed by atoms with E-state index in [1.165, 1.54) is 0 Å². The van der Waals surface area contributed by atoms with Crippen molar-refractivity contribution in [2.75, 3.05) is 0 Å². The van der Waals surface area contributed by atoms with Gasteiger partial charge in [0.2, 0.25) is 0 Å². The lowest BCUT2D eigenvalue weighted by molar-refractivity contribution is 0.944. The Morgan fingerprint density at radius 3 is 2.40 bits per heavy atom. The van der Waals surface area contributed by atoms with Crippen molar-refractivity contribution in [3.8, 4) is 5.69 Å². The molecule has 144 valence electrons. The summed E-state index contributed by atoms with van der Waals surface area (Å²) in [5, 5.41) is 1.45. The highest BCUT2D eigenvalue weighted by atomic mass is 16.1. The van der Waals surface area contributed by atoms with Crippen molar-refractivity contribution in [3.05, 3.63) is 112 Å². The third-order valence-electron chi connectivity index (χ3n) is 5.16. The summed E-state index contributed by atoms with van der Waals surface area (Å²) in [6, 6.07) is 25.4. The molecule has 4 nitrogen and oxygen atoms in total. The van der Waals surface area contributed by atoms with Crippen LogP contribution in [-0.2, 0) is 0 Å². The van der Waals surface area contributed by atoms with Crippen molar-refractivity contribution < 1.29 is 0 Å². The standard InChI is InChI=1S/C26H19N3O/c1-18-9-12-20(13-10-18)29-24(16-11-19-6-3-2-4-7-19)28-25-21-8-5-17-27-23(21)15-14-22(25)26(29)30/h2-17H,1H3. The van der Waals surface area contributed by atoms with Crippen molar-refractivity contribution in [3.63, 3.8) is 0 Å². The Labute approximate surface area is 173 Å². The second kappa shape index (κ2) is 7.41. The van der Waals surface area contributed by atoms with E-state index in [-0.39, 0.29) is 5.56 Å². The molecule has 0 N–H and O–H groups in total. The van der Waals surface area contributed by atoms with Gasteiger partial charge in [0.15, 0.2) is 0 Å². The molecule has 4 heteroatoms. The molecule has 2 aromatic heterocycles. The molecular weight excluding hydrogens is 370 g/mol. The fraction of sp³-hybridized carbons (Fsp3) is 0.0385. The maximum absolute atomic E-state index is 13.6. The van der Waals surface area contributed by atoms with Gasteiger partial charge < -0.3 is 0 Å². The quantitative estimate of drug-likeness (QED) is 0.388. The molecule has 0 saturated carbocycles. The van der Waals surface area contributed by atoms with E-state index >= 15 is 0 Å². The molecule has 0 amide bonds. The van der Waals surface area contributed by atoms with E-state index < -0.39 is 0 Å². The zero-order valence-electron chi connectivity index (χ0n) is 16.5. The summed E-state index contributed by atoms with van der Waals surface area (Å²) < 4.78 is 1.67. The third kappa shape index (κ3) is 3.18. The van der Waals surface area contributed by atoms with Gasteiger partial charge in [0.05, 0.1) is 22.1 Å². The van der Waals surface area contributed by atoms with Crippen LogP contribution >= 0.6 is 0 Å². The summed E-state index contributed by atoms with van der Waals surface area (Å²) in [5.74, 6) is 0.580. The van der Waals surface area contributed by atoms with Gasteiger partial charge in [-0.3, -0.25) is 14.3 Å². The Kier molecular flexibility index (Phi) is 4.45. The molecule has 0 unspecified atom stereocenters. The van der Waals surface area contributed by atoms with Crippen molar-refractivity contribution in [2.45, 2.75) is 6.92 Å². The summed E-state index contributed by atoms with van der Waals surface area (Å²) in [6.45, 7) is 2.03. The Morgan fingerprint density at radius 2 is 1.60 bits per heavy atom. The molecule has 30 heavy (non-hydrogen) atoms. The molecule has 2 heterocycles. The van der Waals surface area contributed by atoms with E-state index in [2.05, 4.69) is 4.98 Å².